The van der Waals surface area contributed by atoms with Crippen molar-refractivity contribution in [3.05, 3.63) is 59.7 Å². The maximum absolute atomic E-state index is 12.8. The molecule has 1 saturated carbocycles. The van der Waals surface area contributed by atoms with Gasteiger partial charge in [0.15, 0.2) is 0 Å². The summed E-state index contributed by atoms with van der Waals surface area (Å²) in [5.41, 5.74) is 4.63. The molecule has 3 aliphatic rings. The number of carboxylic acids is 1. The summed E-state index contributed by atoms with van der Waals surface area (Å²) in [5.74, 6) is -0.695. The van der Waals surface area contributed by atoms with Crippen LogP contribution in [-0.2, 0) is 9.53 Å². The first-order valence-electron chi connectivity index (χ1n) is 9.75. The number of hydrogen-bond acceptors (Lipinski definition) is 3. The van der Waals surface area contributed by atoms with E-state index in [1.54, 1.807) is 0 Å². The van der Waals surface area contributed by atoms with Crippen LogP contribution in [-0.4, -0.2) is 41.3 Å². The van der Waals surface area contributed by atoms with Gasteiger partial charge >= 0.3 is 12.1 Å². The van der Waals surface area contributed by atoms with Crippen molar-refractivity contribution < 1.29 is 19.4 Å². The fourth-order valence-electron chi connectivity index (χ4n) is 5.43. The molecule has 2 aliphatic carbocycles. The lowest BCUT2D eigenvalue weighted by molar-refractivity contribution is -0.143. The van der Waals surface area contributed by atoms with E-state index in [1.165, 1.54) is 16.0 Å². The third-order valence-electron chi connectivity index (χ3n) is 7.03. The minimum absolute atomic E-state index is 0.0107. The Morgan fingerprint density at radius 2 is 1.64 bits per heavy atom. The smallest absolute Gasteiger partial charge is 0.410 e. The Morgan fingerprint density at radius 3 is 2.21 bits per heavy atom. The Bertz CT molecular complexity index is 937. The maximum atomic E-state index is 12.8. The number of amides is 1. The molecular formula is C23H23NO4. The summed E-state index contributed by atoms with van der Waals surface area (Å²) >= 11 is 0. The van der Waals surface area contributed by atoms with Gasteiger partial charge in [0.05, 0.1) is 0 Å². The molecule has 0 radical (unpaired) electrons. The zero-order chi connectivity index (χ0) is 19.6. The van der Waals surface area contributed by atoms with Gasteiger partial charge in [0.25, 0.3) is 0 Å². The van der Waals surface area contributed by atoms with Crippen molar-refractivity contribution in [1.29, 1.82) is 0 Å². The molecule has 28 heavy (non-hydrogen) atoms. The second-order valence-corrected chi connectivity index (χ2v) is 8.69. The lowest BCUT2D eigenvalue weighted by Gasteiger charge is -2.28. The van der Waals surface area contributed by atoms with Crippen molar-refractivity contribution in [2.45, 2.75) is 25.8 Å². The molecule has 5 nitrogen and oxygen atoms in total. The van der Waals surface area contributed by atoms with Gasteiger partial charge in [0.2, 0.25) is 0 Å². The topological polar surface area (TPSA) is 66.8 Å². The van der Waals surface area contributed by atoms with Crippen molar-refractivity contribution in [2.24, 2.45) is 17.3 Å². The van der Waals surface area contributed by atoms with Crippen LogP contribution < -0.4 is 0 Å². The Kier molecular flexibility index (Phi) is 3.60. The molecule has 144 valence electrons. The molecule has 3 unspecified atom stereocenters. The number of rotatable bonds is 3. The number of ether oxygens (including phenoxy) is 1. The Labute approximate surface area is 163 Å². The highest BCUT2D eigenvalue weighted by molar-refractivity contribution is 5.83. The minimum Gasteiger partial charge on any atom is -0.480 e. The van der Waals surface area contributed by atoms with Gasteiger partial charge in [0, 0.05) is 18.4 Å². The van der Waals surface area contributed by atoms with E-state index >= 15 is 0 Å². The molecule has 5 heteroatoms. The number of fused-ring (bicyclic) bond motifs is 4. The molecule has 2 aromatic rings. The highest BCUT2D eigenvalue weighted by atomic mass is 16.6. The van der Waals surface area contributed by atoms with Gasteiger partial charge in [-0.2, -0.15) is 0 Å². The third kappa shape index (κ3) is 2.32. The highest BCUT2D eigenvalue weighted by Crippen LogP contribution is 2.64. The summed E-state index contributed by atoms with van der Waals surface area (Å²) < 4.78 is 5.66. The molecule has 1 heterocycles. The minimum atomic E-state index is -0.938. The Morgan fingerprint density at radius 1 is 1.07 bits per heavy atom. The lowest BCUT2D eigenvalue weighted by Crippen LogP contribution is -2.45. The quantitative estimate of drug-likeness (QED) is 0.879. The van der Waals surface area contributed by atoms with E-state index in [2.05, 4.69) is 38.1 Å². The molecule has 2 fully saturated rings. The van der Waals surface area contributed by atoms with Crippen molar-refractivity contribution >= 4 is 12.1 Å². The number of aliphatic carboxylic acids is 1. The molecule has 5 rings (SSSR count). The standard InChI is InChI=1S/C23H23NO4/c1-23(2)18-11-24(20(19(18)23)21(25)26)22(27)28-12-17-15-9-5-3-7-13(15)14-8-4-6-10-16(14)17/h3-10,17-20H,11-12H2,1-2H3,(H,25,26). The number of carbonyl (C=O) groups is 2. The molecule has 1 aliphatic heterocycles. The van der Waals surface area contributed by atoms with Gasteiger partial charge in [-0.25, -0.2) is 9.59 Å². The first-order valence-corrected chi connectivity index (χ1v) is 9.75. The van der Waals surface area contributed by atoms with E-state index in [1.807, 2.05) is 24.3 Å². The van der Waals surface area contributed by atoms with Gasteiger partial charge < -0.3 is 9.84 Å². The molecule has 0 aromatic heterocycles. The number of carboxylic acid groups (broad SMARTS) is 1. The largest absolute Gasteiger partial charge is 0.480 e. The average molecular weight is 377 g/mol. The van der Waals surface area contributed by atoms with Gasteiger partial charge in [-0.05, 0) is 33.6 Å². The van der Waals surface area contributed by atoms with E-state index in [0.29, 0.717) is 6.54 Å². The van der Waals surface area contributed by atoms with Gasteiger partial charge in [-0.3, -0.25) is 4.90 Å². The fourth-order valence-corrected chi connectivity index (χ4v) is 5.43. The van der Waals surface area contributed by atoms with Crippen molar-refractivity contribution in [2.75, 3.05) is 13.2 Å². The number of likely N-dealkylation sites (tertiary alicyclic amines) is 1. The second-order valence-electron chi connectivity index (χ2n) is 8.69. The number of piperidine rings is 1. The Hall–Kier alpha value is -2.82. The van der Waals surface area contributed by atoms with Crippen LogP contribution in [0.5, 0.6) is 0 Å². The summed E-state index contributed by atoms with van der Waals surface area (Å²) in [5, 5.41) is 9.65. The fraction of sp³-hybridized carbons (Fsp3) is 0.391. The molecule has 1 amide bonds. The first-order chi connectivity index (χ1) is 13.4. The van der Waals surface area contributed by atoms with Crippen molar-refractivity contribution in [1.82, 2.24) is 4.90 Å². The normalized spacial score (nSPS) is 26.4. The highest BCUT2D eigenvalue weighted by Gasteiger charge is 2.70. The Balaban J connectivity index is 1.35. The van der Waals surface area contributed by atoms with E-state index in [4.69, 9.17) is 4.74 Å². The summed E-state index contributed by atoms with van der Waals surface area (Å²) in [6, 6.07) is 15.6. The van der Waals surface area contributed by atoms with Crippen molar-refractivity contribution in [3.63, 3.8) is 0 Å². The van der Waals surface area contributed by atoms with Crippen LogP contribution in [0.15, 0.2) is 48.5 Å². The van der Waals surface area contributed by atoms with Crippen molar-refractivity contribution in [3.8, 4) is 11.1 Å². The van der Waals surface area contributed by atoms with Crippen LogP contribution in [0, 0.1) is 17.3 Å². The summed E-state index contributed by atoms with van der Waals surface area (Å²) in [4.78, 5) is 26.0. The monoisotopic (exact) mass is 377 g/mol. The van der Waals surface area contributed by atoms with Gasteiger partial charge in [-0.15, -0.1) is 0 Å². The average Bonchev–Trinajstić information content (AvgIpc) is 3.05. The second kappa shape index (κ2) is 5.84. The van der Waals surface area contributed by atoms with Crippen LogP contribution in [0.1, 0.15) is 30.9 Å². The van der Waals surface area contributed by atoms with E-state index in [0.717, 1.165) is 11.1 Å². The number of carbonyl (C=O) groups excluding carboxylic acids is 1. The van der Waals surface area contributed by atoms with Crippen LogP contribution in [0.4, 0.5) is 4.79 Å². The SMILES string of the molecule is CC1(C)C2CN(C(=O)OCC3c4ccccc4-c4ccccc43)C(C(=O)O)C21. The maximum Gasteiger partial charge on any atom is 0.410 e. The number of benzene rings is 2. The van der Waals surface area contributed by atoms with Gasteiger partial charge in [-0.1, -0.05) is 62.4 Å². The molecule has 1 N–H and O–H groups in total. The molecule has 2 aromatic carbocycles. The van der Waals surface area contributed by atoms with E-state index in [9.17, 15) is 14.7 Å². The molecule has 0 bridgehead atoms. The van der Waals surface area contributed by atoms with Crippen LogP contribution in [0.3, 0.4) is 0 Å². The number of hydrogen-bond donors (Lipinski definition) is 1. The van der Waals surface area contributed by atoms with Gasteiger partial charge in [0.1, 0.15) is 12.6 Å². The predicted molar refractivity (Wildman–Crippen MR) is 104 cm³/mol. The summed E-state index contributed by atoms with van der Waals surface area (Å²) in [6.07, 6.45) is -0.516. The molecular weight excluding hydrogens is 354 g/mol. The van der Waals surface area contributed by atoms with Crippen LogP contribution in [0.25, 0.3) is 11.1 Å². The molecule has 0 spiro atoms. The zero-order valence-electron chi connectivity index (χ0n) is 16.0. The van der Waals surface area contributed by atoms with E-state index in [-0.39, 0.29) is 29.8 Å². The molecule has 3 atom stereocenters. The first kappa shape index (κ1) is 17.3. The van der Waals surface area contributed by atoms with Crippen LogP contribution >= 0.6 is 0 Å². The zero-order valence-corrected chi connectivity index (χ0v) is 16.0. The summed E-state index contributed by atoms with van der Waals surface area (Å²) in [6.45, 7) is 4.83. The lowest BCUT2D eigenvalue weighted by atomic mass is 9.98. The third-order valence-corrected chi connectivity index (χ3v) is 7.03. The molecule has 1 saturated heterocycles. The van der Waals surface area contributed by atoms with E-state index < -0.39 is 18.1 Å². The number of nitrogens with zero attached hydrogens (tertiary/aromatic N) is 1. The predicted octanol–water partition coefficient (Wildman–Crippen LogP) is 3.98. The summed E-state index contributed by atoms with van der Waals surface area (Å²) in [7, 11) is 0. The van der Waals surface area contributed by atoms with Crippen LogP contribution in [0.2, 0.25) is 0 Å².